The van der Waals surface area contributed by atoms with Gasteiger partial charge >= 0.3 is 6.03 Å². The number of nitrogens with zero attached hydrogens (tertiary/aromatic N) is 3. The standard InChI is InChI=1S/C16H24N4O2/c1-3-19(4-2)15(21)13-8-11-20(12-9-13)16(22)18-14-7-5-6-10-17-14/h5-7,10,13H,3-4,8-9,11-12H2,1-2H3,(H,17,18,22). The molecule has 2 heterocycles. The topological polar surface area (TPSA) is 65.5 Å². The predicted molar refractivity (Wildman–Crippen MR) is 85.5 cm³/mol. The van der Waals surface area contributed by atoms with E-state index in [9.17, 15) is 9.59 Å². The molecular weight excluding hydrogens is 280 g/mol. The molecule has 22 heavy (non-hydrogen) atoms. The Morgan fingerprint density at radius 1 is 1.27 bits per heavy atom. The van der Waals surface area contributed by atoms with Crippen LogP contribution in [-0.2, 0) is 4.79 Å². The Morgan fingerprint density at radius 2 is 1.95 bits per heavy atom. The number of hydrogen-bond donors (Lipinski definition) is 1. The molecule has 120 valence electrons. The molecule has 2 rings (SSSR count). The van der Waals surface area contributed by atoms with Crippen molar-refractivity contribution in [2.75, 3.05) is 31.5 Å². The van der Waals surface area contributed by atoms with Crippen LogP contribution in [0.4, 0.5) is 10.6 Å². The SMILES string of the molecule is CCN(CC)C(=O)C1CCN(C(=O)Nc2ccccn2)CC1. The van der Waals surface area contributed by atoms with Crippen LogP contribution in [-0.4, -0.2) is 52.9 Å². The fraction of sp³-hybridized carbons (Fsp3) is 0.562. The second-order valence-corrected chi connectivity index (χ2v) is 5.42. The molecule has 0 bridgehead atoms. The molecule has 1 N–H and O–H groups in total. The first kappa shape index (κ1) is 16.3. The van der Waals surface area contributed by atoms with Crippen LogP contribution in [0.25, 0.3) is 0 Å². The number of nitrogens with one attached hydrogen (secondary N) is 1. The maximum absolute atomic E-state index is 12.3. The number of pyridine rings is 1. The van der Waals surface area contributed by atoms with Gasteiger partial charge in [-0.1, -0.05) is 6.07 Å². The van der Waals surface area contributed by atoms with E-state index in [0.717, 1.165) is 25.9 Å². The number of carbonyl (C=O) groups is 2. The minimum absolute atomic E-state index is 0.0406. The number of likely N-dealkylation sites (tertiary alicyclic amines) is 1. The van der Waals surface area contributed by atoms with Crippen molar-refractivity contribution < 1.29 is 9.59 Å². The molecule has 0 spiro atoms. The summed E-state index contributed by atoms with van der Waals surface area (Å²) in [5.41, 5.74) is 0. The molecule has 0 unspecified atom stereocenters. The molecule has 0 atom stereocenters. The number of aromatic nitrogens is 1. The summed E-state index contributed by atoms with van der Waals surface area (Å²) in [6.07, 6.45) is 3.10. The predicted octanol–water partition coefficient (Wildman–Crippen LogP) is 2.19. The molecule has 1 aliphatic rings. The molecule has 0 radical (unpaired) electrons. The van der Waals surface area contributed by atoms with E-state index in [1.165, 1.54) is 0 Å². The highest BCUT2D eigenvalue weighted by Gasteiger charge is 2.29. The van der Waals surface area contributed by atoms with Crippen LogP contribution in [0.15, 0.2) is 24.4 Å². The third-order valence-corrected chi connectivity index (χ3v) is 4.11. The van der Waals surface area contributed by atoms with Gasteiger partial charge in [0.2, 0.25) is 5.91 Å². The van der Waals surface area contributed by atoms with Gasteiger partial charge in [0, 0.05) is 38.3 Å². The van der Waals surface area contributed by atoms with E-state index < -0.39 is 0 Å². The van der Waals surface area contributed by atoms with E-state index in [4.69, 9.17) is 0 Å². The van der Waals surface area contributed by atoms with Crippen molar-refractivity contribution in [1.82, 2.24) is 14.8 Å². The quantitative estimate of drug-likeness (QED) is 0.927. The maximum atomic E-state index is 12.3. The van der Waals surface area contributed by atoms with Crippen LogP contribution >= 0.6 is 0 Å². The Balaban J connectivity index is 1.84. The summed E-state index contributed by atoms with van der Waals surface area (Å²) in [5, 5.41) is 2.78. The van der Waals surface area contributed by atoms with Crippen LogP contribution in [0.2, 0.25) is 0 Å². The molecule has 0 aliphatic carbocycles. The van der Waals surface area contributed by atoms with Gasteiger partial charge in [-0.25, -0.2) is 9.78 Å². The summed E-state index contributed by atoms with van der Waals surface area (Å²) in [6.45, 7) is 6.70. The van der Waals surface area contributed by atoms with E-state index in [1.807, 2.05) is 24.8 Å². The van der Waals surface area contributed by atoms with Crippen LogP contribution in [0.1, 0.15) is 26.7 Å². The van der Waals surface area contributed by atoms with Crippen LogP contribution in [0, 0.1) is 5.92 Å². The Hall–Kier alpha value is -2.11. The highest BCUT2D eigenvalue weighted by atomic mass is 16.2. The number of carbonyl (C=O) groups excluding carboxylic acids is 2. The smallest absolute Gasteiger partial charge is 0.323 e. The first-order valence-corrected chi connectivity index (χ1v) is 7.91. The number of hydrogen-bond acceptors (Lipinski definition) is 3. The third-order valence-electron chi connectivity index (χ3n) is 4.11. The van der Waals surface area contributed by atoms with E-state index in [2.05, 4.69) is 10.3 Å². The highest BCUT2D eigenvalue weighted by Crippen LogP contribution is 2.20. The van der Waals surface area contributed by atoms with Crippen LogP contribution < -0.4 is 5.32 Å². The lowest BCUT2D eigenvalue weighted by molar-refractivity contribution is -0.136. The summed E-state index contributed by atoms with van der Waals surface area (Å²) in [4.78, 5) is 32.2. The number of rotatable bonds is 4. The van der Waals surface area contributed by atoms with Crippen molar-refractivity contribution in [3.8, 4) is 0 Å². The number of piperidine rings is 1. The van der Waals surface area contributed by atoms with E-state index in [1.54, 1.807) is 23.2 Å². The summed E-state index contributed by atoms with van der Waals surface area (Å²) in [6, 6.07) is 5.25. The summed E-state index contributed by atoms with van der Waals surface area (Å²) in [7, 11) is 0. The molecule has 3 amide bonds. The zero-order valence-corrected chi connectivity index (χ0v) is 13.3. The van der Waals surface area contributed by atoms with E-state index >= 15 is 0 Å². The second-order valence-electron chi connectivity index (χ2n) is 5.42. The van der Waals surface area contributed by atoms with Crippen LogP contribution in [0.5, 0.6) is 0 Å². The maximum Gasteiger partial charge on any atom is 0.323 e. The van der Waals surface area contributed by atoms with Gasteiger partial charge in [0.1, 0.15) is 5.82 Å². The summed E-state index contributed by atoms with van der Waals surface area (Å²) < 4.78 is 0. The van der Waals surface area contributed by atoms with Crippen LogP contribution in [0.3, 0.4) is 0 Å². The molecule has 1 fully saturated rings. The fourth-order valence-electron chi connectivity index (χ4n) is 2.75. The first-order valence-electron chi connectivity index (χ1n) is 7.91. The van der Waals surface area contributed by atoms with E-state index in [-0.39, 0.29) is 17.9 Å². The number of urea groups is 1. The molecule has 1 saturated heterocycles. The number of amides is 3. The Labute approximate surface area is 131 Å². The lowest BCUT2D eigenvalue weighted by atomic mass is 9.95. The van der Waals surface area contributed by atoms with Crippen molar-refractivity contribution in [2.24, 2.45) is 5.92 Å². The number of anilines is 1. The van der Waals surface area contributed by atoms with Crippen molar-refractivity contribution in [3.63, 3.8) is 0 Å². The van der Waals surface area contributed by atoms with E-state index in [0.29, 0.717) is 18.9 Å². The summed E-state index contributed by atoms with van der Waals surface area (Å²) in [5.74, 6) is 0.808. The minimum Gasteiger partial charge on any atom is -0.343 e. The fourth-order valence-corrected chi connectivity index (χ4v) is 2.75. The molecule has 0 saturated carbocycles. The normalized spacial score (nSPS) is 15.5. The summed E-state index contributed by atoms with van der Waals surface area (Å²) >= 11 is 0. The van der Waals surface area contributed by atoms with Gasteiger partial charge in [0.15, 0.2) is 0 Å². The Kier molecular flexibility index (Phi) is 5.75. The van der Waals surface area contributed by atoms with Crippen molar-refractivity contribution in [2.45, 2.75) is 26.7 Å². The minimum atomic E-state index is -0.146. The lowest BCUT2D eigenvalue weighted by Crippen LogP contribution is -2.45. The molecular formula is C16H24N4O2. The Morgan fingerprint density at radius 3 is 2.50 bits per heavy atom. The first-order chi connectivity index (χ1) is 10.7. The van der Waals surface area contributed by atoms with Gasteiger partial charge in [-0.3, -0.25) is 10.1 Å². The molecule has 6 nitrogen and oxygen atoms in total. The van der Waals surface area contributed by atoms with Gasteiger partial charge in [-0.15, -0.1) is 0 Å². The van der Waals surface area contributed by atoms with Gasteiger partial charge in [-0.05, 0) is 38.8 Å². The molecule has 1 aliphatic heterocycles. The Bertz CT molecular complexity index is 494. The lowest BCUT2D eigenvalue weighted by Gasteiger charge is -2.33. The highest BCUT2D eigenvalue weighted by molar-refractivity contribution is 5.88. The third kappa shape index (κ3) is 3.96. The van der Waals surface area contributed by atoms with Crippen molar-refractivity contribution in [3.05, 3.63) is 24.4 Å². The molecule has 6 heteroatoms. The second kappa shape index (κ2) is 7.77. The molecule has 1 aromatic rings. The van der Waals surface area contributed by atoms with Crippen molar-refractivity contribution in [1.29, 1.82) is 0 Å². The molecule has 1 aromatic heterocycles. The van der Waals surface area contributed by atoms with Gasteiger partial charge < -0.3 is 9.80 Å². The van der Waals surface area contributed by atoms with Gasteiger partial charge in [0.05, 0.1) is 0 Å². The zero-order valence-electron chi connectivity index (χ0n) is 13.3. The van der Waals surface area contributed by atoms with Gasteiger partial charge in [-0.2, -0.15) is 0 Å². The average Bonchev–Trinajstić information content (AvgIpc) is 2.57. The monoisotopic (exact) mass is 304 g/mol. The largest absolute Gasteiger partial charge is 0.343 e. The van der Waals surface area contributed by atoms with Crippen molar-refractivity contribution >= 4 is 17.8 Å². The average molecular weight is 304 g/mol. The molecule has 0 aromatic carbocycles. The van der Waals surface area contributed by atoms with Gasteiger partial charge in [0.25, 0.3) is 0 Å². The zero-order chi connectivity index (χ0) is 15.9.